The number of benzene rings is 1. The summed E-state index contributed by atoms with van der Waals surface area (Å²) >= 11 is 0. The number of carbonyl (C=O) groups is 2. The third-order valence-electron chi connectivity index (χ3n) is 2.98. The van der Waals surface area contributed by atoms with Gasteiger partial charge in [0, 0.05) is 18.2 Å². The van der Waals surface area contributed by atoms with E-state index in [1.807, 2.05) is 38.1 Å². The molecule has 0 unspecified atom stereocenters. The molecule has 0 aliphatic heterocycles. The Morgan fingerprint density at radius 3 is 2.43 bits per heavy atom. The Morgan fingerprint density at radius 1 is 1.14 bits per heavy atom. The number of nitrogens with one attached hydrogen (secondary N) is 2. The Bertz CT molecular complexity index is 601. The molecule has 1 heterocycles. The summed E-state index contributed by atoms with van der Waals surface area (Å²) in [6.07, 6.45) is 2.86. The number of rotatable bonds is 5. The van der Waals surface area contributed by atoms with Crippen LogP contribution in [0.3, 0.4) is 0 Å². The highest BCUT2D eigenvalue weighted by atomic mass is 16.3. The lowest BCUT2D eigenvalue weighted by Crippen LogP contribution is -2.22. The van der Waals surface area contributed by atoms with E-state index in [9.17, 15) is 9.59 Å². The molecule has 0 bridgehead atoms. The number of hydrogen-bond acceptors (Lipinski definition) is 3. The van der Waals surface area contributed by atoms with E-state index in [1.54, 1.807) is 6.07 Å². The first-order chi connectivity index (χ1) is 10.1. The topological polar surface area (TPSA) is 71.3 Å². The van der Waals surface area contributed by atoms with Crippen molar-refractivity contribution in [3.63, 3.8) is 0 Å². The van der Waals surface area contributed by atoms with Crippen LogP contribution >= 0.6 is 0 Å². The van der Waals surface area contributed by atoms with Gasteiger partial charge in [-0.1, -0.05) is 26.0 Å². The van der Waals surface area contributed by atoms with Gasteiger partial charge in [-0.05, 0) is 23.8 Å². The van der Waals surface area contributed by atoms with E-state index in [4.69, 9.17) is 4.42 Å². The van der Waals surface area contributed by atoms with Gasteiger partial charge in [-0.2, -0.15) is 0 Å². The monoisotopic (exact) mass is 286 g/mol. The molecule has 1 aromatic carbocycles. The first kappa shape index (κ1) is 14.8. The first-order valence-corrected chi connectivity index (χ1v) is 6.76. The predicted octanol–water partition coefficient (Wildman–Crippen LogP) is 2.80. The summed E-state index contributed by atoms with van der Waals surface area (Å²) in [6, 6.07) is 8.98. The number of hydrogen-bond donors (Lipinski definition) is 2. The highest BCUT2D eigenvalue weighted by molar-refractivity contribution is 5.93. The quantitative estimate of drug-likeness (QED) is 0.887. The van der Waals surface area contributed by atoms with Crippen LogP contribution in [0.4, 0.5) is 5.69 Å². The third kappa shape index (κ3) is 4.21. The SMILES string of the molecule is CC(C)C(=O)Nc1ccc(CNC(=O)c2ccoc2)cc1. The maximum atomic E-state index is 11.7. The van der Waals surface area contributed by atoms with Crippen LogP contribution < -0.4 is 10.6 Å². The van der Waals surface area contributed by atoms with E-state index in [0.717, 1.165) is 11.3 Å². The Morgan fingerprint density at radius 2 is 1.86 bits per heavy atom. The molecule has 1 aromatic heterocycles. The van der Waals surface area contributed by atoms with Crippen molar-refractivity contribution in [3.05, 3.63) is 54.0 Å². The molecule has 2 rings (SSSR count). The van der Waals surface area contributed by atoms with Gasteiger partial charge >= 0.3 is 0 Å². The fraction of sp³-hybridized carbons (Fsp3) is 0.250. The molecule has 0 fully saturated rings. The van der Waals surface area contributed by atoms with Crippen LogP contribution in [-0.4, -0.2) is 11.8 Å². The molecule has 0 spiro atoms. The summed E-state index contributed by atoms with van der Waals surface area (Å²) in [5.41, 5.74) is 2.20. The summed E-state index contributed by atoms with van der Waals surface area (Å²) in [5.74, 6) is -0.254. The van der Waals surface area contributed by atoms with Gasteiger partial charge in [0.15, 0.2) is 0 Å². The number of amides is 2. The van der Waals surface area contributed by atoms with E-state index >= 15 is 0 Å². The average molecular weight is 286 g/mol. The molecule has 0 saturated carbocycles. The first-order valence-electron chi connectivity index (χ1n) is 6.76. The molecule has 21 heavy (non-hydrogen) atoms. The number of furan rings is 1. The molecular formula is C16H18N2O3. The van der Waals surface area contributed by atoms with Crippen LogP contribution in [0.1, 0.15) is 29.8 Å². The molecule has 2 aromatic rings. The lowest BCUT2D eigenvalue weighted by molar-refractivity contribution is -0.118. The second-order valence-corrected chi connectivity index (χ2v) is 5.04. The van der Waals surface area contributed by atoms with Crippen molar-refractivity contribution in [2.24, 2.45) is 5.92 Å². The zero-order chi connectivity index (χ0) is 15.2. The summed E-state index contributed by atoms with van der Waals surface area (Å²) in [5, 5.41) is 5.61. The molecule has 0 radical (unpaired) electrons. The molecule has 5 heteroatoms. The minimum atomic E-state index is -0.180. The lowest BCUT2D eigenvalue weighted by atomic mass is 10.1. The summed E-state index contributed by atoms with van der Waals surface area (Å²) < 4.78 is 4.86. The maximum absolute atomic E-state index is 11.7. The summed E-state index contributed by atoms with van der Waals surface area (Å²) in [4.78, 5) is 23.3. The van der Waals surface area contributed by atoms with E-state index in [-0.39, 0.29) is 17.7 Å². The van der Waals surface area contributed by atoms with Crippen LogP contribution in [-0.2, 0) is 11.3 Å². The van der Waals surface area contributed by atoms with Crippen LogP contribution in [0.25, 0.3) is 0 Å². The van der Waals surface area contributed by atoms with Crippen molar-refractivity contribution in [3.8, 4) is 0 Å². The van der Waals surface area contributed by atoms with Gasteiger partial charge in [-0.3, -0.25) is 9.59 Å². The highest BCUT2D eigenvalue weighted by Gasteiger charge is 2.08. The molecule has 0 aliphatic rings. The second kappa shape index (κ2) is 6.74. The standard InChI is InChI=1S/C16H18N2O3/c1-11(2)15(19)18-14-5-3-12(4-6-14)9-17-16(20)13-7-8-21-10-13/h3-8,10-11H,9H2,1-2H3,(H,17,20)(H,18,19). The maximum Gasteiger partial charge on any atom is 0.254 e. The van der Waals surface area contributed by atoms with E-state index in [2.05, 4.69) is 10.6 Å². The van der Waals surface area contributed by atoms with Crippen molar-refractivity contribution in [2.75, 3.05) is 5.32 Å². The molecular weight excluding hydrogens is 268 g/mol. The van der Waals surface area contributed by atoms with Crippen molar-refractivity contribution < 1.29 is 14.0 Å². The predicted molar refractivity (Wildman–Crippen MR) is 79.8 cm³/mol. The Hall–Kier alpha value is -2.56. The van der Waals surface area contributed by atoms with Gasteiger partial charge in [-0.15, -0.1) is 0 Å². The smallest absolute Gasteiger partial charge is 0.254 e. The van der Waals surface area contributed by atoms with Crippen LogP contribution in [0.15, 0.2) is 47.3 Å². The van der Waals surface area contributed by atoms with Crippen LogP contribution in [0.2, 0.25) is 0 Å². The minimum Gasteiger partial charge on any atom is -0.472 e. The average Bonchev–Trinajstić information content (AvgIpc) is 3.00. The molecule has 2 amide bonds. The van der Waals surface area contributed by atoms with Crippen molar-refractivity contribution in [1.82, 2.24) is 5.32 Å². The summed E-state index contributed by atoms with van der Waals surface area (Å²) in [7, 11) is 0. The molecule has 110 valence electrons. The van der Waals surface area contributed by atoms with Gasteiger partial charge < -0.3 is 15.1 Å². The highest BCUT2D eigenvalue weighted by Crippen LogP contribution is 2.11. The third-order valence-corrected chi connectivity index (χ3v) is 2.98. The Labute approximate surface area is 123 Å². The zero-order valence-electron chi connectivity index (χ0n) is 12.1. The lowest BCUT2D eigenvalue weighted by Gasteiger charge is -2.09. The summed E-state index contributed by atoms with van der Waals surface area (Å²) in [6.45, 7) is 4.10. The molecule has 0 aliphatic carbocycles. The van der Waals surface area contributed by atoms with Crippen molar-refractivity contribution >= 4 is 17.5 Å². The fourth-order valence-corrected chi connectivity index (χ4v) is 1.67. The van der Waals surface area contributed by atoms with E-state index in [0.29, 0.717) is 12.1 Å². The van der Waals surface area contributed by atoms with E-state index in [1.165, 1.54) is 12.5 Å². The fourth-order valence-electron chi connectivity index (χ4n) is 1.67. The normalized spacial score (nSPS) is 10.4. The van der Waals surface area contributed by atoms with Crippen LogP contribution in [0, 0.1) is 5.92 Å². The van der Waals surface area contributed by atoms with Gasteiger partial charge in [0.05, 0.1) is 11.8 Å². The Balaban J connectivity index is 1.88. The minimum absolute atomic E-state index is 0.0176. The second-order valence-electron chi connectivity index (χ2n) is 5.04. The molecule has 0 saturated heterocycles. The van der Waals surface area contributed by atoms with Gasteiger partial charge in [-0.25, -0.2) is 0 Å². The van der Waals surface area contributed by atoms with Crippen LogP contribution in [0.5, 0.6) is 0 Å². The van der Waals surface area contributed by atoms with Gasteiger partial charge in [0.1, 0.15) is 6.26 Å². The number of carbonyl (C=O) groups excluding carboxylic acids is 2. The van der Waals surface area contributed by atoms with Crippen molar-refractivity contribution in [1.29, 1.82) is 0 Å². The Kier molecular flexibility index (Phi) is 4.77. The van der Waals surface area contributed by atoms with Gasteiger partial charge in [0.25, 0.3) is 5.91 Å². The molecule has 5 nitrogen and oxygen atoms in total. The van der Waals surface area contributed by atoms with Gasteiger partial charge in [0.2, 0.25) is 5.91 Å². The largest absolute Gasteiger partial charge is 0.472 e. The van der Waals surface area contributed by atoms with E-state index < -0.39 is 0 Å². The zero-order valence-corrected chi connectivity index (χ0v) is 12.1. The molecule has 2 N–H and O–H groups in total. The molecule has 0 atom stereocenters. The van der Waals surface area contributed by atoms with Crippen molar-refractivity contribution in [2.45, 2.75) is 20.4 Å². The number of anilines is 1.